The molecule has 1 heterocycles. The van der Waals surface area contributed by atoms with Crippen LogP contribution in [-0.2, 0) is 0 Å². The average Bonchev–Trinajstić information content (AvgIpc) is 2.46. The van der Waals surface area contributed by atoms with Crippen molar-refractivity contribution in [3.8, 4) is 0 Å². The summed E-state index contributed by atoms with van der Waals surface area (Å²) in [6.07, 6.45) is 1.91. The number of hydrogen-bond donors (Lipinski definition) is 2. The van der Waals surface area contributed by atoms with Crippen LogP contribution in [0.3, 0.4) is 0 Å². The Bertz CT molecular complexity index is 479. The molecule has 1 fully saturated rings. The maximum atomic E-state index is 12.3. The zero-order valence-electron chi connectivity index (χ0n) is 11.1. The second kappa shape index (κ2) is 5.84. The van der Waals surface area contributed by atoms with E-state index >= 15 is 0 Å². The Labute approximate surface area is 112 Å². The zero-order chi connectivity index (χ0) is 13.8. The van der Waals surface area contributed by atoms with E-state index in [0.717, 1.165) is 25.9 Å². The zero-order valence-corrected chi connectivity index (χ0v) is 11.1. The lowest BCUT2D eigenvalue weighted by molar-refractivity contribution is 0.0707. The number of hydrogen-bond acceptors (Lipinski definition) is 3. The van der Waals surface area contributed by atoms with Crippen LogP contribution in [0.5, 0.6) is 0 Å². The van der Waals surface area contributed by atoms with E-state index < -0.39 is 5.91 Å². The van der Waals surface area contributed by atoms with E-state index in [1.165, 1.54) is 0 Å². The standard InChI is InChI=1S/C14H19N3O2/c1-16-12-5-7-17(8-6-12)14(19)11-4-2-3-10(9-11)13(15)18/h2-4,9,12,16H,5-8H2,1H3,(H2,15,18). The van der Waals surface area contributed by atoms with Crippen molar-refractivity contribution in [2.75, 3.05) is 20.1 Å². The normalized spacial score (nSPS) is 16.4. The number of benzene rings is 1. The summed E-state index contributed by atoms with van der Waals surface area (Å²) in [7, 11) is 1.94. The quantitative estimate of drug-likeness (QED) is 0.837. The van der Waals surface area contributed by atoms with Gasteiger partial charge in [-0.2, -0.15) is 0 Å². The van der Waals surface area contributed by atoms with Crippen molar-refractivity contribution in [2.24, 2.45) is 5.73 Å². The average molecular weight is 261 g/mol. The van der Waals surface area contributed by atoms with Gasteiger partial charge in [0.25, 0.3) is 5.91 Å². The van der Waals surface area contributed by atoms with Crippen molar-refractivity contribution in [2.45, 2.75) is 18.9 Å². The number of nitrogens with two attached hydrogens (primary N) is 1. The molecule has 0 bridgehead atoms. The van der Waals surface area contributed by atoms with Gasteiger partial charge < -0.3 is 16.0 Å². The maximum Gasteiger partial charge on any atom is 0.253 e. The van der Waals surface area contributed by atoms with Crippen LogP contribution in [0.2, 0.25) is 0 Å². The van der Waals surface area contributed by atoms with Crippen LogP contribution in [0, 0.1) is 0 Å². The predicted molar refractivity (Wildman–Crippen MR) is 72.9 cm³/mol. The maximum absolute atomic E-state index is 12.3. The molecule has 2 amide bonds. The molecule has 1 aliphatic heterocycles. The molecule has 102 valence electrons. The van der Waals surface area contributed by atoms with E-state index in [1.807, 2.05) is 11.9 Å². The lowest BCUT2D eigenvalue weighted by Gasteiger charge is -2.31. The van der Waals surface area contributed by atoms with Crippen LogP contribution in [0.25, 0.3) is 0 Å². The summed E-state index contributed by atoms with van der Waals surface area (Å²) in [5.74, 6) is -0.541. The van der Waals surface area contributed by atoms with Crippen LogP contribution >= 0.6 is 0 Å². The molecule has 1 saturated heterocycles. The molecule has 5 nitrogen and oxygen atoms in total. The minimum absolute atomic E-state index is 0.0300. The molecular formula is C14H19N3O2. The van der Waals surface area contributed by atoms with Crippen molar-refractivity contribution >= 4 is 11.8 Å². The minimum atomic E-state index is -0.511. The van der Waals surface area contributed by atoms with Crippen LogP contribution in [0.15, 0.2) is 24.3 Å². The molecule has 2 rings (SSSR count). The molecule has 3 N–H and O–H groups in total. The highest BCUT2D eigenvalue weighted by Crippen LogP contribution is 2.14. The molecule has 1 aliphatic rings. The fourth-order valence-electron chi connectivity index (χ4n) is 2.36. The lowest BCUT2D eigenvalue weighted by Crippen LogP contribution is -2.44. The Kier molecular flexibility index (Phi) is 4.16. The molecule has 0 aliphatic carbocycles. The highest BCUT2D eigenvalue weighted by molar-refractivity contribution is 5.99. The molecule has 1 aromatic carbocycles. The van der Waals surface area contributed by atoms with Gasteiger partial charge >= 0.3 is 0 Å². The van der Waals surface area contributed by atoms with Gasteiger partial charge in [-0.25, -0.2) is 0 Å². The van der Waals surface area contributed by atoms with E-state index in [0.29, 0.717) is 17.2 Å². The van der Waals surface area contributed by atoms with Crippen LogP contribution in [0.4, 0.5) is 0 Å². The number of carbonyl (C=O) groups excluding carboxylic acids is 2. The largest absolute Gasteiger partial charge is 0.366 e. The number of amides is 2. The topological polar surface area (TPSA) is 75.4 Å². The van der Waals surface area contributed by atoms with Gasteiger partial charge in [-0.3, -0.25) is 9.59 Å². The second-order valence-corrected chi connectivity index (χ2v) is 4.80. The fraction of sp³-hybridized carbons (Fsp3) is 0.429. The summed E-state index contributed by atoms with van der Waals surface area (Å²) in [6, 6.07) is 7.08. The van der Waals surface area contributed by atoms with Gasteiger partial charge in [-0.05, 0) is 38.1 Å². The number of piperidine rings is 1. The first-order valence-corrected chi connectivity index (χ1v) is 6.48. The summed E-state index contributed by atoms with van der Waals surface area (Å²) < 4.78 is 0. The van der Waals surface area contributed by atoms with Gasteiger partial charge in [-0.1, -0.05) is 6.07 Å². The SMILES string of the molecule is CNC1CCN(C(=O)c2cccc(C(N)=O)c2)CC1. The minimum Gasteiger partial charge on any atom is -0.366 e. The first kappa shape index (κ1) is 13.5. The Morgan fingerprint density at radius 1 is 1.26 bits per heavy atom. The van der Waals surface area contributed by atoms with Crippen LogP contribution in [-0.4, -0.2) is 42.9 Å². The van der Waals surface area contributed by atoms with Crippen molar-refractivity contribution in [1.29, 1.82) is 0 Å². The number of carbonyl (C=O) groups is 2. The Morgan fingerprint density at radius 2 is 1.89 bits per heavy atom. The van der Waals surface area contributed by atoms with Gasteiger partial charge in [0.15, 0.2) is 0 Å². The smallest absolute Gasteiger partial charge is 0.253 e. The van der Waals surface area contributed by atoms with Crippen LogP contribution < -0.4 is 11.1 Å². The van der Waals surface area contributed by atoms with Gasteiger partial charge in [-0.15, -0.1) is 0 Å². The van der Waals surface area contributed by atoms with Crippen LogP contribution in [0.1, 0.15) is 33.6 Å². The molecule has 19 heavy (non-hydrogen) atoms. The summed E-state index contributed by atoms with van der Waals surface area (Å²) in [5.41, 5.74) is 6.12. The van der Waals surface area contributed by atoms with Gasteiger partial charge in [0.05, 0.1) is 0 Å². The van der Waals surface area contributed by atoms with Crippen molar-refractivity contribution in [3.63, 3.8) is 0 Å². The van der Waals surface area contributed by atoms with Crippen molar-refractivity contribution in [3.05, 3.63) is 35.4 Å². The van der Waals surface area contributed by atoms with E-state index in [4.69, 9.17) is 5.73 Å². The Morgan fingerprint density at radius 3 is 2.47 bits per heavy atom. The number of nitrogens with one attached hydrogen (secondary N) is 1. The van der Waals surface area contributed by atoms with Gasteiger partial charge in [0, 0.05) is 30.3 Å². The summed E-state index contributed by atoms with van der Waals surface area (Å²) in [4.78, 5) is 25.3. The number of likely N-dealkylation sites (tertiary alicyclic amines) is 1. The third kappa shape index (κ3) is 3.12. The monoisotopic (exact) mass is 261 g/mol. The van der Waals surface area contributed by atoms with E-state index in [9.17, 15) is 9.59 Å². The highest BCUT2D eigenvalue weighted by atomic mass is 16.2. The first-order chi connectivity index (χ1) is 9.11. The number of nitrogens with zero attached hydrogens (tertiary/aromatic N) is 1. The molecule has 0 unspecified atom stereocenters. The van der Waals surface area contributed by atoms with Crippen molar-refractivity contribution in [1.82, 2.24) is 10.2 Å². The highest BCUT2D eigenvalue weighted by Gasteiger charge is 2.22. The Hall–Kier alpha value is -1.88. The van der Waals surface area contributed by atoms with E-state index in [2.05, 4.69) is 5.32 Å². The number of primary amides is 1. The van der Waals surface area contributed by atoms with E-state index in [1.54, 1.807) is 24.3 Å². The molecular weight excluding hydrogens is 242 g/mol. The molecule has 1 aromatic rings. The lowest BCUT2D eigenvalue weighted by atomic mass is 10.0. The summed E-state index contributed by atoms with van der Waals surface area (Å²) >= 11 is 0. The summed E-state index contributed by atoms with van der Waals surface area (Å²) in [6.45, 7) is 1.48. The molecule has 0 radical (unpaired) electrons. The fourth-order valence-corrected chi connectivity index (χ4v) is 2.36. The third-order valence-electron chi connectivity index (χ3n) is 3.58. The molecule has 0 aromatic heterocycles. The molecule has 0 atom stereocenters. The van der Waals surface area contributed by atoms with E-state index in [-0.39, 0.29) is 5.91 Å². The molecule has 0 spiro atoms. The van der Waals surface area contributed by atoms with Crippen molar-refractivity contribution < 1.29 is 9.59 Å². The van der Waals surface area contributed by atoms with Gasteiger partial charge in [0.1, 0.15) is 0 Å². The molecule has 5 heteroatoms. The molecule has 0 saturated carbocycles. The Balaban J connectivity index is 2.08. The van der Waals surface area contributed by atoms with Gasteiger partial charge in [0.2, 0.25) is 5.91 Å². The summed E-state index contributed by atoms with van der Waals surface area (Å²) in [5, 5.41) is 3.23. The third-order valence-corrected chi connectivity index (χ3v) is 3.58. The predicted octanol–water partition coefficient (Wildman–Crippen LogP) is 0.609. The first-order valence-electron chi connectivity index (χ1n) is 6.48. The number of rotatable bonds is 3. The second-order valence-electron chi connectivity index (χ2n) is 4.80.